The van der Waals surface area contributed by atoms with Crippen molar-refractivity contribution in [3.63, 3.8) is 0 Å². The Balaban J connectivity index is 1.97. The zero-order valence-corrected chi connectivity index (χ0v) is 12.2. The van der Waals surface area contributed by atoms with Gasteiger partial charge in [0, 0.05) is 18.3 Å². The van der Waals surface area contributed by atoms with Gasteiger partial charge in [-0.2, -0.15) is 0 Å². The first-order chi connectivity index (χ1) is 10.1. The van der Waals surface area contributed by atoms with E-state index in [1.165, 1.54) is 12.3 Å². The number of hydrogen-bond acceptors (Lipinski definition) is 4. The number of rotatable bonds is 5. The van der Waals surface area contributed by atoms with Gasteiger partial charge in [-0.05, 0) is 29.8 Å². The third kappa shape index (κ3) is 4.18. The molecule has 0 aliphatic carbocycles. The average Bonchev–Trinajstić information content (AvgIpc) is 2.52. The third-order valence-corrected chi connectivity index (χ3v) is 3.13. The minimum absolute atomic E-state index is 0.0892. The van der Waals surface area contributed by atoms with E-state index in [0.717, 1.165) is 0 Å². The number of nitrogens with one attached hydrogen (secondary N) is 1. The molecule has 2 aromatic rings. The molecule has 21 heavy (non-hydrogen) atoms. The lowest BCUT2D eigenvalue weighted by Gasteiger charge is -2.13. The molecule has 2 rings (SSSR count). The third-order valence-electron chi connectivity index (χ3n) is 2.92. The first-order valence-corrected chi connectivity index (χ1v) is 6.69. The monoisotopic (exact) mass is 306 g/mol. The van der Waals surface area contributed by atoms with Gasteiger partial charge in [0.05, 0.1) is 13.2 Å². The Labute approximate surface area is 127 Å². The topological polar surface area (TPSA) is 71.5 Å². The second-order valence-electron chi connectivity index (χ2n) is 4.37. The quantitative estimate of drug-likeness (QED) is 0.831. The van der Waals surface area contributed by atoms with Crippen LogP contribution in [0.5, 0.6) is 5.75 Å². The van der Waals surface area contributed by atoms with Gasteiger partial charge in [-0.15, -0.1) is 0 Å². The van der Waals surface area contributed by atoms with E-state index in [1.54, 1.807) is 37.4 Å². The molecular formula is C15H15ClN2O3. The van der Waals surface area contributed by atoms with Gasteiger partial charge in [-0.3, -0.25) is 4.79 Å². The number of aliphatic hydroxyl groups excluding tert-OH is 1. The van der Waals surface area contributed by atoms with Crippen molar-refractivity contribution in [2.24, 2.45) is 0 Å². The van der Waals surface area contributed by atoms with Gasteiger partial charge < -0.3 is 15.2 Å². The number of amides is 1. The van der Waals surface area contributed by atoms with Crippen LogP contribution in [0, 0.1) is 0 Å². The van der Waals surface area contributed by atoms with E-state index in [1.807, 2.05) is 0 Å². The number of pyridine rings is 1. The second-order valence-corrected chi connectivity index (χ2v) is 4.76. The molecule has 0 bridgehead atoms. The zero-order valence-electron chi connectivity index (χ0n) is 11.4. The molecule has 2 N–H and O–H groups in total. The molecule has 1 aromatic heterocycles. The highest BCUT2D eigenvalue weighted by Crippen LogP contribution is 2.18. The van der Waals surface area contributed by atoms with Crippen LogP contribution in [0.15, 0.2) is 42.6 Å². The van der Waals surface area contributed by atoms with E-state index >= 15 is 0 Å². The predicted octanol–water partition coefficient (Wildman–Crippen LogP) is 2.21. The maximum Gasteiger partial charge on any atom is 0.251 e. The summed E-state index contributed by atoms with van der Waals surface area (Å²) in [5.74, 6) is 0.333. The summed E-state index contributed by atoms with van der Waals surface area (Å²) in [6.07, 6.45) is 0.636. The van der Waals surface area contributed by atoms with Crippen LogP contribution in [0.2, 0.25) is 5.15 Å². The summed E-state index contributed by atoms with van der Waals surface area (Å²) in [6, 6.07) is 10.1. The highest BCUT2D eigenvalue weighted by atomic mass is 35.5. The van der Waals surface area contributed by atoms with E-state index in [4.69, 9.17) is 16.3 Å². The molecule has 0 radical (unpaired) electrons. The van der Waals surface area contributed by atoms with E-state index < -0.39 is 6.10 Å². The van der Waals surface area contributed by atoms with Crippen LogP contribution in [0.25, 0.3) is 0 Å². The van der Waals surface area contributed by atoms with E-state index in [-0.39, 0.29) is 17.6 Å². The second kappa shape index (κ2) is 7.06. The van der Waals surface area contributed by atoms with Crippen molar-refractivity contribution in [3.05, 3.63) is 58.9 Å². The lowest BCUT2D eigenvalue weighted by molar-refractivity contribution is 0.0916. The van der Waals surface area contributed by atoms with Crippen molar-refractivity contribution in [1.29, 1.82) is 0 Å². The number of hydrogen-bond donors (Lipinski definition) is 2. The summed E-state index contributed by atoms with van der Waals surface area (Å²) in [4.78, 5) is 15.7. The van der Waals surface area contributed by atoms with Crippen molar-refractivity contribution < 1.29 is 14.6 Å². The maximum absolute atomic E-state index is 11.9. The van der Waals surface area contributed by atoms with Gasteiger partial charge in [0.1, 0.15) is 10.9 Å². The normalized spacial score (nSPS) is 11.8. The largest absolute Gasteiger partial charge is 0.497 e. The van der Waals surface area contributed by atoms with Gasteiger partial charge in [-0.1, -0.05) is 23.7 Å². The SMILES string of the molecule is COc1cccc(C(O)CNC(=O)c2ccnc(Cl)c2)c1. The standard InChI is InChI=1S/C15H15ClN2O3/c1-21-12-4-2-3-10(7-12)13(19)9-18-15(20)11-5-6-17-14(16)8-11/h2-8,13,19H,9H2,1H3,(H,18,20). The Morgan fingerprint density at radius 2 is 2.24 bits per heavy atom. The van der Waals surface area contributed by atoms with Crippen LogP contribution in [0.3, 0.4) is 0 Å². The van der Waals surface area contributed by atoms with Crippen LogP contribution in [0.4, 0.5) is 0 Å². The molecule has 1 amide bonds. The first kappa shape index (κ1) is 15.3. The van der Waals surface area contributed by atoms with E-state index in [0.29, 0.717) is 16.9 Å². The van der Waals surface area contributed by atoms with E-state index in [9.17, 15) is 9.90 Å². The number of aromatic nitrogens is 1. The predicted molar refractivity (Wildman–Crippen MR) is 79.5 cm³/mol. The Hall–Kier alpha value is -2.11. The average molecular weight is 307 g/mol. The van der Waals surface area contributed by atoms with Gasteiger partial charge in [0.2, 0.25) is 0 Å². The highest BCUT2D eigenvalue weighted by molar-refractivity contribution is 6.29. The summed E-state index contributed by atoms with van der Waals surface area (Å²) >= 11 is 5.73. The molecule has 1 unspecified atom stereocenters. The Kier molecular flexibility index (Phi) is 5.14. The fourth-order valence-corrected chi connectivity index (χ4v) is 1.98. The highest BCUT2D eigenvalue weighted by Gasteiger charge is 2.12. The fraction of sp³-hybridized carbons (Fsp3) is 0.200. The Morgan fingerprint density at radius 1 is 1.43 bits per heavy atom. The van der Waals surface area contributed by atoms with Crippen molar-refractivity contribution in [2.75, 3.05) is 13.7 Å². The van der Waals surface area contributed by atoms with Gasteiger partial charge in [-0.25, -0.2) is 4.98 Å². The minimum Gasteiger partial charge on any atom is -0.497 e. The molecule has 0 aliphatic rings. The number of benzene rings is 1. The molecule has 5 nitrogen and oxygen atoms in total. The lowest BCUT2D eigenvalue weighted by Crippen LogP contribution is -2.28. The summed E-state index contributed by atoms with van der Waals surface area (Å²) in [7, 11) is 1.56. The van der Waals surface area contributed by atoms with Crippen molar-refractivity contribution in [3.8, 4) is 5.75 Å². The van der Waals surface area contributed by atoms with Crippen LogP contribution in [-0.4, -0.2) is 29.7 Å². The van der Waals surface area contributed by atoms with Crippen molar-refractivity contribution in [2.45, 2.75) is 6.10 Å². The van der Waals surface area contributed by atoms with Crippen LogP contribution in [0.1, 0.15) is 22.0 Å². The molecule has 0 saturated carbocycles. The van der Waals surface area contributed by atoms with Crippen LogP contribution >= 0.6 is 11.6 Å². The van der Waals surface area contributed by atoms with Crippen molar-refractivity contribution >= 4 is 17.5 Å². The zero-order chi connectivity index (χ0) is 15.2. The summed E-state index contributed by atoms with van der Waals surface area (Å²) < 4.78 is 5.09. The van der Waals surface area contributed by atoms with E-state index in [2.05, 4.69) is 10.3 Å². The smallest absolute Gasteiger partial charge is 0.251 e. The molecule has 1 heterocycles. The lowest BCUT2D eigenvalue weighted by atomic mass is 10.1. The van der Waals surface area contributed by atoms with Gasteiger partial charge >= 0.3 is 0 Å². The summed E-state index contributed by atoms with van der Waals surface area (Å²) in [5.41, 5.74) is 1.07. The summed E-state index contributed by atoms with van der Waals surface area (Å²) in [5, 5.41) is 13.0. The van der Waals surface area contributed by atoms with Gasteiger partial charge in [0.25, 0.3) is 5.91 Å². The number of carbonyl (C=O) groups is 1. The molecule has 0 fully saturated rings. The molecule has 1 aromatic carbocycles. The number of methoxy groups -OCH3 is 1. The fourth-order valence-electron chi connectivity index (χ4n) is 1.80. The number of aliphatic hydroxyl groups is 1. The van der Waals surface area contributed by atoms with Gasteiger partial charge in [0.15, 0.2) is 0 Å². The maximum atomic E-state index is 11.9. The number of nitrogens with zero attached hydrogens (tertiary/aromatic N) is 1. The number of ether oxygens (including phenoxy) is 1. The van der Waals surface area contributed by atoms with Crippen LogP contribution < -0.4 is 10.1 Å². The minimum atomic E-state index is -0.818. The molecule has 6 heteroatoms. The molecule has 0 saturated heterocycles. The molecule has 0 aliphatic heterocycles. The Morgan fingerprint density at radius 3 is 2.95 bits per heavy atom. The summed E-state index contributed by atoms with van der Waals surface area (Å²) in [6.45, 7) is 0.0892. The molecular weight excluding hydrogens is 292 g/mol. The van der Waals surface area contributed by atoms with Crippen molar-refractivity contribution in [1.82, 2.24) is 10.3 Å². The van der Waals surface area contributed by atoms with Crippen LogP contribution in [-0.2, 0) is 0 Å². The first-order valence-electron chi connectivity index (χ1n) is 6.32. The molecule has 110 valence electrons. The number of carbonyl (C=O) groups excluding carboxylic acids is 1. The molecule has 0 spiro atoms. The molecule has 1 atom stereocenters. The Bertz CT molecular complexity index is 634. The number of halogens is 1.